The third-order valence-corrected chi connectivity index (χ3v) is 9.59. The molecule has 0 radical (unpaired) electrons. The highest BCUT2D eigenvalue weighted by Gasteiger charge is 2.40. The molecule has 3 aromatic rings. The summed E-state index contributed by atoms with van der Waals surface area (Å²) in [4.78, 5) is 0. The third-order valence-electron chi connectivity index (χ3n) is 9.59. The van der Waals surface area contributed by atoms with E-state index in [-0.39, 0.29) is 35.8 Å². The van der Waals surface area contributed by atoms with E-state index >= 15 is 13.2 Å². The molecule has 2 aliphatic rings. The Morgan fingerprint density at radius 3 is 1.80 bits per heavy atom. The average Bonchev–Trinajstić information content (AvgIpc) is 3.00. The van der Waals surface area contributed by atoms with E-state index in [9.17, 15) is 17.6 Å². The Kier molecular flexibility index (Phi) is 10.4. The Labute approximate surface area is 254 Å². The molecule has 5 rings (SSSR count). The summed E-state index contributed by atoms with van der Waals surface area (Å²) in [6, 6.07) is 9.73. The lowest BCUT2D eigenvalue weighted by atomic mass is 9.77. The number of unbranched alkanes of at least 4 members (excludes halogenated alkanes) is 2. The number of hydrogen-bond donors (Lipinski definition) is 0. The van der Waals surface area contributed by atoms with E-state index in [0.717, 1.165) is 49.4 Å². The molecule has 2 aliphatic carbocycles. The van der Waals surface area contributed by atoms with Crippen molar-refractivity contribution in [2.24, 2.45) is 5.92 Å². The van der Waals surface area contributed by atoms with Crippen LogP contribution in [-0.4, -0.2) is 6.10 Å². The van der Waals surface area contributed by atoms with E-state index in [1.165, 1.54) is 43.9 Å². The highest BCUT2D eigenvalue weighted by Crippen LogP contribution is 2.42. The third kappa shape index (κ3) is 7.49. The van der Waals surface area contributed by atoms with Crippen molar-refractivity contribution in [3.8, 4) is 11.1 Å². The lowest BCUT2D eigenvalue weighted by Crippen LogP contribution is -2.30. The quantitative estimate of drug-likeness (QED) is 0.124. The summed E-state index contributed by atoms with van der Waals surface area (Å²) in [6.07, 6.45) is 5.84. The van der Waals surface area contributed by atoms with Gasteiger partial charge in [-0.2, -0.15) is 8.78 Å². The maximum atomic E-state index is 15.1. The van der Waals surface area contributed by atoms with Crippen LogP contribution in [0.3, 0.4) is 0 Å². The predicted molar refractivity (Wildman–Crippen MR) is 157 cm³/mol. The minimum atomic E-state index is -3.79. The van der Waals surface area contributed by atoms with E-state index in [0.29, 0.717) is 24.3 Å². The maximum Gasteiger partial charge on any atom is 0.386 e. The van der Waals surface area contributed by atoms with Gasteiger partial charge in [0.25, 0.3) is 0 Å². The number of alkyl halides is 2. The highest BCUT2D eigenvalue weighted by atomic mass is 19.3. The molecule has 0 heterocycles. The van der Waals surface area contributed by atoms with Gasteiger partial charge in [0.1, 0.15) is 11.6 Å². The Balaban J connectivity index is 1.16. The van der Waals surface area contributed by atoms with E-state index < -0.39 is 46.9 Å². The molecule has 2 saturated carbocycles. The number of benzene rings is 3. The van der Waals surface area contributed by atoms with Gasteiger partial charge in [0.15, 0.2) is 17.5 Å². The van der Waals surface area contributed by atoms with Crippen molar-refractivity contribution in [1.29, 1.82) is 0 Å². The summed E-state index contributed by atoms with van der Waals surface area (Å²) in [6.45, 7) is 2.19. The van der Waals surface area contributed by atoms with Gasteiger partial charge in [0, 0.05) is 5.56 Å². The summed E-state index contributed by atoms with van der Waals surface area (Å²) in [5, 5.41) is 0. The molecule has 0 bridgehead atoms. The van der Waals surface area contributed by atoms with Gasteiger partial charge in [-0.15, -0.1) is 0 Å². The normalized spacial score (nSPS) is 22.7. The molecule has 238 valence electrons. The van der Waals surface area contributed by atoms with Crippen LogP contribution < -0.4 is 0 Å². The lowest BCUT2D eigenvalue weighted by molar-refractivity contribution is -0.278. The van der Waals surface area contributed by atoms with Crippen LogP contribution in [0.25, 0.3) is 11.1 Å². The van der Waals surface area contributed by atoms with Crippen molar-refractivity contribution in [3.05, 3.63) is 94.3 Å². The number of ether oxygens (including phenoxy) is 1. The zero-order valence-electron chi connectivity index (χ0n) is 25.0. The second-order valence-electron chi connectivity index (χ2n) is 12.6. The Morgan fingerprint density at radius 1 is 0.659 bits per heavy atom. The molecular formula is C36H39F7O. The molecule has 3 aromatic carbocycles. The molecule has 2 fully saturated rings. The second kappa shape index (κ2) is 14.1. The first-order valence-corrected chi connectivity index (χ1v) is 15.9. The molecule has 0 aromatic heterocycles. The first kappa shape index (κ1) is 32.5. The van der Waals surface area contributed by atoms with E-state index in [1.807, 2.05) is 0 Å². The van der Waals surface area contributed by atoms with Gasteiger partial charge in [0.05, 0.1) is 11.7 Å². The maximum absolute atomic E-state index is 15.1. The molecule has 0 saturated heterocycles. The van der Waals surface area contributed by atoms with Crippen molar-refractivity contribution < 1.29 is 35.5 Å². The first-order valence-electron chi connectivity index (χ1n) is 15.9. The fourth-order valence-corrected chi connectivity index (χ4v) is 7.01. The lowest BCUT2D eigenvalue weighted by Gasteiger charge is -2.32. The first-order chi connectivity index (χ1) is 21.1. The second-order valence-corrected chi connectivity index (χ2v) is 12.6. The summed E-state index contributed by atoms with van der Waals surface area (Å²) in [5.41, 5.74) is 0.420. The number of rotatable bonds is 10. The minimum absolute atomic E-state index is 0.0775. The van der Waals surface area contributed by atoms with Gasteiger partial charge < -0.3 is 4.74 Å². The summed E-state index contributed by atoms with van der Waals surface area (Å²) < 4.78 is 106. The SMILES string of the molecule is CCCCCC1CCC(c2ccc(C(F)(F)OC3CCC(c4ccc(-c5cc(F)c(F)c(F)c5)c(F)c4)CC3)c(F)c2)CC1. The van der Waals surface area contributed by atoms with Crippen molar-refractivity contribution in [2.45, 2.75) is 108 Å². The molecule has 0 spiro atoms. The summed E-state index contributed by atoms with van der Waals surface area (Å²) in [7, 11) is 0. The molecule has 0 aliphatic heterocycles. The van der Waals surface area contributed by atoms with E-state index in [2.05, 4.69) is 6.92 Å². The molecular weight excluding hydrogens is 581 g/mol. The van der Waals surface area contributed by atoms with Gasteiger partial charge in [-0.05, 0) is 116 Å². The van der Waals surface area contributed by atoms with Crippen LogP contribution in [0.15, 0.2) is 48.5 Å². The molecule has 8 heteroatoms. The van der Waals surface area contributed by atoms with Gasteiger partial charge in [0.2, 0.25) is 0 Å². The largest absolute Gasteiger partial charge is 0.386 e. The molecule has 0 atom stereocenters. The zero-order chi connectivity index (χ0) is 31.4. The van der Waals surface area contributed by atoms with Crippen molar-refractivity contribution in [1.82, 2.24) is 0 Å². The van der Waals surface area contributed by atoms with Crippen molar-refractivity contribution >= 4 is 0 Å². The van der Waals surface area contributed by atoms with Crippen LogP contribution in [-0.2, 0) is 10.8 Å². The topological polar surface area (TPSA) is 9.23 Å². The monoisotopic (exact) mass is 620 g/mol. The molecule has 0 amide bonds. The van der Waals surface area contributed by atoms with Crippen LogP contribution in [0.4, 0.5) is 30.7 Å². The molecule has 0 unspecified atom stereocenters. The fourth-order valence-electron chi connectivity index (χ4n) is 7.01. The van der Waals surface area contributed by atoms with E-state index in [1.54, 1.807) is 12.1 Å². The fraction of sp³-hybridized carbons (Fsp3) is 0.500. The predicted octanol–water partition coefficient (Wildman–Crippen LogP) is 11.7. The smallest absolute Gasteiger partial charge is 0.313 e. The minimum Gasteiger partial charge on any atom is -0.313 e. The number of hydrogen-bond acceptors (Lipinski definition) is 1. The Bertz CT molecular complexity index is 1400. The van der Waals surface area contributed by atoms with Crippen LogP contribution >= 0.6 is 0 Å². The van der Waals surface area contributed by atoms with Crippen molar-refractivity contribution in [2.75, 3.05) is 0 Å². The standard InChI is InChI=1S/C36H39F7O/c1-2-3-4-5-22-6-8-23(9-7-22)26-13-17-30(32(38)19-26)36(42,43)44-28-14-10-24(11-15-28)25-12-16-29(31(37)18-25)27-20-33(39)35(41)34(40)21-27/h12-13,16-24,28H,2-11,14-15H2,1H3. The highest BCUT2D eigenvalue weighted by molar-refractivity contribution is 5.65. The van der Waals surface area contributed by atoms with Crippen molar-refractivity contribution in [3.63, 3.8) is 0 Å². The van der Waals surface area contributed by atoms with Crippen LogP contribution in [0.2, 0.25) is 0 Å². The molecule has 0 N–H and O–H groups in total. The van der Waals surface area contributed by atoms with E-state index in [4.69, 9.17) is 4.74 Å². The van der Waals surface area contributed by atoms with Crippen LogP contribution in [0.1, 0.15) is 112 Å². The summed E-state index contributed by atoms with van der Waals surface area (Å²) >= 11 is 0. The summed E-state index contributed by atoms with van der Waals surface area (Å²) in [5.74, 6) is -5.38. The van der Waals surface area contributed by atoms with Crippen LogP contribution in [0, 0.1) is 35.0 Å². The molecule has 1 nitrogen and oxygen atoms in total. The number of halogens is 7. The Morgan fingerprint density at radius 2 is 1.23 bits per heavy atom. The molecule has 44 heavy (non-hydrogen) atoms. The van der Waals surface area contributed by atoms with Gasteiger partial charge in [-0.25, -0.2) is 22.0 Å². The van der Waals surface area contributed by atoms with Crippen LogP contribution in [0.5, 0.6) is 0 Å². The zero-order valence-corrected chi connectivity index (χ0v) is 25.0. The van der Waals surface area contributed by atoms with Gasteiger partial charge >= 0.3 is 6.11 Å². The Hall–Kier alpha value is -2.87. The van der Waals surface area contributed by atoms with Gasteiger partial charge in [-0.3, -0.25) is 0 Å². The van der Waals surface area contributed by atoms with Gasteiger partial charge in [-0.1, -0.05) is 50.8 Å². The average molecular weight is 621 g/mol.